The summed E-state index contributed by atoms with van der Waals surface area (Å²) in [7, 11) is -2.25. The van der Waals surface area contributed by atoms with Crippen molar-refractivity contribution in [2.75, 3.05) is 11.5 Å². The molecule has 10 nitrogen and oxygen atoms in total. The minimum Gasteiger partial charge on any atom is -0.368 e. The van der Waals surface area contributed by atoms with Crippen LogP contribution in [0.2, 0.25) is 0 Å². The average molecular weight is 428 g/mol. The first kappa shape index (κ1) is 21.7. The van der Waals surface area contributed by atoms with Crippen LogP contribution < -0.4 is 16.7 Å². The van der Waals surface area contributed by atoms with Gasteiger partial charge in [0, 0.05) is 19.7 Å². The molecule has 0 saturated heterocycles. The minimum atomic E-state index is -3.74. The SMILES string of the molecule is CC(=O)N[C@@H](CSC(CS(=O)(=O)c1ccccc1)n1ncn(C)c1=O)C(N)=O. The van der Waals surface area contributed by atoms with E-state index in [1.54, 1.807) is 18.2 Å². The smallest absolute Gasteiger partial charge is 0.346 e. The maximum absolute atomic E-state index is 12.8. The van der Waals surface area contributed by atoms with E-state index >= 15 is 0 Å². The molecule has 1 aromatic carbocycles. The van der Waals surface area contributed by atoms with Crippen LogP contribution in [0.4, 0.5) is 0 Å². The Balaban J connectivity index is 2.30. The van der Waals surface area contributed by atoms with Gasteiger partial charge in [-0.3, -0.25) is 14.2 Å². The van der Waals surface area contributed by atoms with Crippen LogP contribution in [0, 0.1) is 0 Å². The average Bonchev–Trinajstić information content (AvgIpc) is 2.96. The Morgan fingerprint density at radius 2 is 1.93 bits per heavy atom. The first-order valence-electron chi connectivity index (χ1n) is 8.18. The predicted molar refractivity (Wildman–Crippen MR) is 104 cm³/mol. The number of carbonyl (C=O) groups excluding carboxylic acids is 2. The number of hydrogen-bond acceptors (Lipinski definition) is 7. The first-order chi connectivity index (χ1) is 13.1. The molecule has 2 amide bonds. The highest BCUT2D eigenvalue weighted by atomic mass is 32.2. The van der Waals surface area contributed by atoms with Gasteiger partial charge in [0.15, 0.2) is 9.84 Å². The normalized spacial score (nSPS) is 13.6. The Hall–Kier alpha value is -2.60. The molecule has 1 heterocycles. The molecule has 0 aliphatic rings. The van der Waals surface area contributed by atoms with E-state index in [0.29, 0.717) is 0 Å². The molecule has 0 fully saturated rings. The van der Waals surface area contributed by atoms with E-state index in [4.69, 9.17) is 5.73 Å². The molecule has 1 aromatic heterocycles. The lowest BCUT2D eigenvalue weighted by molar-refractivity contribution is -0.125. The number of hydrogen-bond donors (Lipinski definition) is 2. The maximum Gasteiger partial charge on any atom is 0.346 e. The van der Waals surface area contributed by atoms with Crippen molar-refractivity contribution in [3.05, 3.63) is 47.1 Å². The molecular formula is C16H21N5O5S2. The second kappa shape index (κ2) is 9.06. The second-order valence-corrected chi connectivity index (χ2v) is 9.25. The van der Waals surface area contributed by atoms with Gasteiger partial charge in [-0.05, 0) is 12.1 Å². The van der Waals surface area contributed by atoms with Crippen molar-refractivity contribution in [1.29, 1.82) is 0 Å². The number of carbonyl (C=O) groups is 2. The highest BCUT2D eigenvalue weighted by Crippen LogP contribution is 2.26. The number of primary amides is 1. The summed E-state index contributed by atoms with van der Waals surface area (Å²) in [6.45, 7) is 1.24. The third-order valence-electron chi connectivity index (χ3n) is 3.76. The summed E-state index contributed by atoms with van der Waals surface area (Å²) in [6, 6.07) is 6.80. The molecular weight excluding hydrogens is 406 g/mol. The monoisotopic (exact) mass is 427 g/mol. The van der Waals surface area contributed by atoms with Gasteiger partial charge < -0.3 is 11.1 Å². The summed E-state index contributed by atoms with van der Waals surface area (Å²) in [5, 5.41) is 5.44. The highest BCUT2D eigenvalue weighted by Gasteiger charge is 2.28. The van der Waals surface area contributed by atoms with Crippen LogP contribution in [0.25, 0.3) is 0 Å². The van der Waals surface area contributed by atoms with Gasteiger partial charge in [-0.25, -0.2) is 13.2 Å². The minimum absolute atomic E-state index is 0.0209. The Morgan fingerprint density at radius 1 is 1.29 bits per heavy atom. The Labute approximate surface area is 166 Å². The van der Waals surface area contributed by atoms with Gasteiger partial charge in [0.25, 0.3) is 0 Å². The molecule has 0 saturated carbocycles. The number of aryl methyl sites for hydroxylation is 1. The number of nitrogens with zero attached hydrogens (tertiary/aromatic N) is 3. The third-order valence-corrected chi connectivity index (χ3v) is 6.99. The fourth-order valence-electron chi connectivity index (χ4n) is 2.34. The largest absolute Gasteiger partial charge is 0.368 e. The molecule has 152 valence electrons. The van der Waals surface area contributed by atoms with Crippen molar-refractivity contribution < 1.29 is 18.0 Å². The summed E-state index contributed by atoms with van der Waals surface area (Å²) in [4.78, 5) is 35.2. The highest BCUT2D eigenvalue weighted by molar-refractivity contribution is 8.00. The lowest BCUT2D eigenvalue weighted by Crippen LogP contribution is -2.45. The molecule has 0 radical (unpaired) electrons. The van der Waals surface area contributed by atoms with Crippen LogP contribution in [-0.2, 0) is 26.5 Å². The van der Waals surface area contributed by atoms with Gasteiger partial charge >= 0.3 is 5.69 Å². The Morgan fingerprint density at radius 3 is 2.43 bits per heavy atom. The van der Waals surface area contributed by atoms with Crippen LogP contribution >= 0.6 is 11.8 Å². The van der Waals surface area contributed by atoms with Crippen molar-refractivity contribution in [3.63, 3.8) is 0 Å². The van der Waals surface area contributed by atoms with E-state index in [-0.39, 0.29) is 10.6 Å². The summed E-state index contributed by atoms with van der Waals surface area (Å²) in [6.07, 6.45) is 1.27. The number of benzene rings is 1. The van der Waals surface area contributed by atoms with E-state index in [2.05, 4.69) is 10.4 Å². The van der Waals surface area contributed by atoms with Crippen molar-refractivity contribution in [2.24, 2.45) is 12.8 Å². The number of nitrogens with one attached hydrogen (secondary N) is 1. The second-order valence-electron chi connectivity index (χ2n) is 6.01. The van der Waals surface area contributed by atoms with E-state index < -0.39 is 44.5 Å². The molecule has 0 aliphatic heterocycles. The van der Waals surface area contributed by atoms with Crippen LogP contribution in [0.5, 0.6) is 0 Å². The van der Waals surface area contributed by atoms with Gasteiger partial charge in [-0.2, -0.15) is 9.78 Å². The van der Waals surface area contributed by atoms with Crippen molar-refractivity contribution in [1.82, 2.24) is 19.7 Å². The van der Waals surface area contributed by atoms with Crippen LogP contribution in [0.1, 0.15) is 12.3 Å². The fourth-order valence-corrected chi connectivity index (χ4v) is 5.49. The number of sulfone groups is 1. The van der Waals surface area contributed by atoms with Gasteiger partial charge in [0.2, 0.25) is 11.8 Å². The molecule has 3 N–H and O–H groups in total. The maximum atomic E-state index is 12.8. The van der Waals surface area contributed by atoms with E-state index in [9.17, 15) is 22.8 Å². The topological polar surface area (TPSA) is 146 Å². The van der Waals surface area contributed by atoms with Crippen LogP contribution in [0.3, 0.4) is 0 Å². The van der Waals surface area contributed by atoms with Crippen molar-refractivity contribution in [2.45, 2.75) is 23.2 Å². The molecule has 0 aliphatic carbocycles. The zero-order valence-corrected chi connectivity index (χ0v) is 16.9. The molecule has 28 heavy (non-hydrogen) atoms. The standard InChI is InChI=1S/C16H21N5O5S2/c1-11(22)19-13(15(17)23)8-27-14(21-16(24)20(2)10-18-21)9-28(25,26)12-6-4-3-5-7-12/h3-7,10,13-14H,8-9H2,1-2H3,(H2,17,23)(H,19,22)/t13-,14?/m0/s1. The van der Waals surface area contributed by atoms with E-state index in [0.717, 1.165) is 16.4 Å². The Kier molecular flexibility index (Phi) is 7.02. The number of amides is 2. The lowest BCUT2D eigenvalue weighted by Gasteiger charge is -2.20. The van der Waals surface area contributed by atoms with E-state index in [1.807, 2.05) is 0 Å². The first-order valence-corrected chi connectivity index (χ1v) is 10.9. The predicted octanol–water partition coefficient (Wildman–Crippen LogP) is -0.722. The summed E-state index contributed by atoms with van der Waals surface area (Å²) < 4.78 is 27.8. The van der Waals surface area contributed by atoms with Gasteiger partial charge in [-0.15, -0.1) is 11.8 Å². The molecule has 0 bridgehead atoms. The van der Waals surface area contributed by atoms with Crippen LogP contribution in [-0.4, -0.2) is 52.1 Å². The van der Waals surface area contributed by atoms with Crippen molar-refractivity contribution in [3.8, 4) is 0 Å². The number of aromatic nitrogens is 3. The molecule has 2 rings (SSSR count). The number of nitrogens with two attached hydrogens (primary N) is 1. The molecule has 2 aromatic rings. The molecule has 0 spiro atoms. The molecule has 12 heteroatoms. The quantitative estimate of drug-likeness (QED) is 0.537. The summed E-state index contributed by atoms with van der Waals surface area (Å²) >= 11 is 0.995. The summed E-state index contributed by atoms with van der Waals surface area (Å²) in [5.41, 5.74) is 4.78. The van der Waals surface area contributed by atoms with Crippen molar-refractivity contribution >= 4 is 33.4 Å². The van der Waals surface area contributed by atoms with Gasteiger partial charge in [0.05, 0.1) is 10.6 Å². The third kappa shape index (κ3) is 5.45. The Bertz CT molecular complexity index is 1000. The zero-order valence-electron chi connectivity index (χ0n) is 15.3. The number of thioether (sulfide) groups is 1. The fraction of sp³-hybridized carbons (Fsp3) is 0.375. The van der Waals surface area contributed by atoms with E-state index in [1.165, 1.54) is 37.0 Å². The number of rotatable bonds is 9. The lowest BCUT2D eigenvalue weighted by atomic mass is 10.3. The molecule has 2 atom stereocenters. The van der Waals surface area contributed by atoms with Gasteiger partial charge in [-0.1, -0.05) is 18.2 Å². The summed E-state index contributed by atoms with van der Waals surface area (Å²) in [5.74, 6) is -1.66. The molecule has 1 unspecified atom stereocenters. The van der Waals surface area contributed by atoms with Gasteiger partial charge in [0.1, 0.15) is 17.7 Å². The zero-order chi connectivity index (χ0) is 20.9. The van der Waals surface area contributed by atoms with Crippen LogP contribution in [0.15, 0.2) is 46.3 Å².